The molecule has 0 saturated carbocycles. The monoisotopic (exact) mass is 522 g/mol. The van der Waals surface area contributed by atoms with Crippen LogP contribution in [-0.2, 0) is 0 Å². The van der Waals surface area contributed by atoms with Crippen LogP contribution in [0.5, 0.6) is 0 Å². The minimum absolute atomic E-state index is 0.634. The Bertz CT molecular complexity index is 2310. The van der Waals surface area contributed by atoms with Crippen LogP contribution < -0.4 is 0 Å². The third-order valence-electron chi connectivity index (χ3n) is 8.20. The Morgan fingerprint density at radius 3 is 2.17 bits per heavy atom. The number of para-hydroxylation sites is 2. The summed E-state index contributed by atoms with van der Waals surface area (Å²) in [5.74, 6) is 0.634. The van der Waals surface area contributed by atoms with Crippen LogP contribution in [0.3, 0.4) is 0 Å². The van der Waals surface area contributed by atoms with Crippen LogP contribution >= 0.6 is 0 Å². The topological polar surface area (TPSA) is 43.6 Å². The predicted molar refractivity (Wildman–Crippen MR) is 167 cm³/mol. The molecule has 3 aromatic heterocycles. The Hall–Kier alpha value is -5.61. The molecule has 190 valence electrons. The predicted octanol–water partition coefficient (Wildman–Crippen LogP) is 9.10. The van der Waals surface area contributed by atoms with Crippen molar-refractivity contribution in [3.05, 3.63) is 134 Å². The first-order valence-electron chi connectivity index (χ1n) is 13.8. The molecule has 0 radical (unpaired) electrons. The van der Waals surface area contributed by atoms with Gasteiger partial charge in [-0.1, -0.05) is 91.0 Å². The summed E-state index contributed by atoms with van der Waals surface area (Å²) in [6, 6.07) is 44.6. The molecule has 0 amide bonds. The Morgan fingerprint density at radius 2 is 1.27 bits per heavy atom. The van der Waals surface area contributed by atoms with E-state index in [1.165, 1.54) is 32.6 Å². The summed E-state index contributed by atoms with van der Waals surface area (Å²) in [6.07, 6.45) is 1.95. The molecule has 41 heavy (non-hydrogen) atoms. The molecule has 0 N–H and O–H groups in total. The number of nitrogens with zero attached hydrogens (tertiary/aromatic N) is 4. The van der Waals surface area contributed by atoms with Gasteiger partial charge in [-0.05, 0) is 52.7 Å². The standard InChI is InChI=1S/C37H22N4/c1-2-11-25(12-3-1)41-33-18-5-4-13-26(33)27-20-19-24(21-34(27)41)31-16-8-17-32(39-31)37-38-22-30-28-14-6-9-23-10-7-15-29(35(23)28)36(30)40-37/h1-22H. The molecule has 0 atom stereocenters. The maximum absolute atomic E-state index is 5.07. The van der Waals surface area contributed by atoms with Crippen molar-refractivity contribution in [1.82, 2.24) is 19.5 Å². The number of fused-ring (bicyclic) bond motifs is 6. The Balaban J connectivity index is 1.19. The van der Waals surface area contributed by atoms with Crippen LogP contribution in [0.15, 0.2) is 134 Å². The van der Waals surface area contributed by atoms with E-state index >= 15 is 0 Å². The van der Waals surface area contributed by atoms with Gasteiger partial charge in [0.05, 0.1) is 22.4 Å². The first-order valence-corrected chi connectivity index (χ1v) is 13.8. The summed E-state index contributed by atoms with van der Waals surface area (Å²) < 4.78 is 2.33. The van der Waals surface area contributed by atoms with E-state index in [0.29, 0.717) is 5.82 Å². The second-order valence-corrected chi connectivity index (χ2v) is 10.5. The average molecular weight is 523 g/mol. The lowest BCUT2D eigenvalue weighted by Gasteiger charge is -2.09. The SMILES string of the molecule is c1ccc(-n2c3ccccc3c3ccc(-c4cccc(-c5ncc6c(n5)-c5cccc7cccc-6c57)n4)cc32)cc1. The van der Waals surface area contributed by atoms with Gasteiger partial charge >= 0.3 is 0 Å². The number of hydrogen-bond donors (Lipinski definition) is 0. The van der Waals surface area contributed by atoms with Crippen molar-refractivity contribution in [2.24, 2.45) is 0 Å². The van der Waals surface area contributed by atoms with Crippen LogP contribution in [0.25, 0.3) is 83.4 Å². The molecular formula is C37H22N4. The molecule has 0 bridgehead atoms. The van der Waals surface area contributed by atoms with E-state index in [0.717, 1.165) is 45.0 Å². The molecule has 9 rings (SSSR count). The zero-order valence-electron chi connectivity index (χ0n) is 22.0. The van der Waals surface area contributed by atoms with Gasteiger partial charge in [0.2, 0.25) is 0 Å². The molecule has 0 fully saturated rings. The van der Waals surface area contributed by atoms with Gasteiger partial charge in [0.15, 0.2) is 5.82 Å². The fourth-order valence-electron chi connectivity index (χ4n) is 6.38. The van der Waals surface area contributed by atoms with Gasteiger partial charge in [0.25, 0.3) is 0 Å². The summed E-state index contributed by atoms with van der Waals surface area (Å²) in [5.41, 5.74) is 10.6. The van der Waals surface area contributed by atoms with Crippen molar-refractivity contribution in [3.8, 4) is 50.8 Å². The van der Waals surface area contributed by atoms with E-state index in [9.17, 15) is 0 Å². The first kappa shape index (κ1) is 22.2. The number of aromatic nitrogens is 4. The maximum atomic E-state index is 5.07. The highest BCUT2D eigenvalue weighted by atomic mass is 15.0. The van der Waals surface area contributed by atoms with E-state index < -0.39 is 0 Å². The van der Waals surface area contributed by atoms with E-state index in [4.69, 9.17) is 15.0 Å². The smallest absolute Gasteiger partial charge is 0.178 e. The molecule has 1 aliphatic carbocycles. The largest absolute Gasteiger partial charge is 0.309 e. The summed E-state index contributed by atoms with van der Waals surface area (Å²) in [6.45, 7) is 0. The van der Waals surface area contributed by atoms with Crippen molar-refractivity contribution in [1.29, 1.82) is 0 Å². The van der Waals surface area contributed by atoms with Gasteiger partial charge in [-0.15, -0.1) is 0 Å². The molecule has 8 aromatic rings. The van der Waals surface area contributed by atoms with Crippen molar-refractivity contribution >= 4 is 32.6 Å². The quantitative estimate of drug-likeness (QED) is 0.232. The van der Waals surface area contributed by atoms with Gasteiger partial charge < -0.3 is 4.57 Å². The minimum Gasteiger partial charge on any atom is -0.309 e. The summed E-state index contributed by atoms with van der Waals surface area (Å²) in [5, 5.41) is 4.94. The van der Waals surface area contributed by atoms with Gasteiger partial charge in [0, 0.05) is 39.3 Å². The second kappa shape index (κ2) is 8.44. The maximum Gasteiger partial charge on any atom is 0.178 e. The van der Waals surface area contributed by atoms with Crippen LogP contribution in [0.2, 0.25) is 0 Å². The highest BCUT2D eigenvalue weighted by molar-refractivity contribution is 6.14. The van der Waals surface area contributed by atoms with Gasteiger partial charge in [-0.3, -0.25) is 0 Å². The Labute approximate surface area is 236 Å². The summed E-state index contributed by atoms with van der Waals surface area (Å²) in [4.78, 5) is 14.9. The molecular weight excluding hydrogens is 500 g/mol. The fourth-order valence-corrected chi connectivity index (χ4v) is 6.38. The van der Waals surface area contributed by atoms with E-state index in [1.807, 2.05) is 18.3 Å². The Kier molecular flexibility index (Phi) is 4.58. The molecule has 4 nitrogen and oxygen atoms in total. The summed E-state index contributed by atoms with van der Waals surface area (Å²) >= 11 is 0. The molecule has 0 unspecified atom stereocenters. The molecule has 0 aliphatic heterocycles. The fraction of sp³-hybridized carbons (Fsp3) is 0. The molecule has 4 heteroatoms. The average Bonchev–Trinajstić information content (AvgIpc) is 3.55. The highest BCUT2D eigenvalue weighted by Crippen LogP contribution is 2.46. The van der Waals surface area contributed by atoms with Crippen molar-refractivity contribution in [3.63, 3.8) is 0 Å². The van der Waals surface area contributed by atoms with Gasteiger partial charge in [-0.25, -0.2) is 15.0 Å². The minimum atomic E-state index is 0.634. The summed E-state index contributed by atoms with van der Waals surface area (Å²) in [7, 11) is 0. The van der Waals surface area contributed by atoms with E-state index in [2.05, 4.69) is 120 Å². The van der Waals surface area contributed by atoms with Crippen molar-refractivity contribution < 1.29 is 0 Å². The number of hydrogen-bond acceptors (Lipinski definition) is 3. The normalized spacial score (nSPS) is 11.9. The van der Waals surface area contributed by atoms with Crippen LogP contribution in [0, 0.1) is 0 Å². The first-order chi connectivity index (χ1) is 20.3. The second-order valence-electron chi connectivity index (χ2n) is 10.5. The van der Waals surface area contributed by atoms with Crippen LogP contribution in [0.4, 0.5) is 0 Å². The van der Waals surface area contributed by atoms with E-state index in [-0.39, 0.29) is 0 Å². The number of rotatable bonds is 3. The molecule has 0 spiro atoms. The van der Waals surface area contributed by atoms with E-state index in [1.54, 1.807) is 0 Å². The number of benzene rings is 5. The molecule has 1 aliphatic rings. The molecule has 3 heterocycles. The third kappa shape index (κ3) is 3.25. The molecule has 5 aromatic carbocycles. The number of pyridine rings is 1. The lowest BCUT2D eigenvalue weighted by molar-refractivity contribution is 1.15. The van der Waals surface area contributed by atoms with Crippen LogP contribution in [-0.4, -0.2) is 19.5 Å². The lowest BCUT2D eigenvalue weighted by atomic mass is 10.0. The van der Waals surface area contributed by atoms with Gasteiger partial charge in [-0.2, -0.15) is 0 Å². The van der Waals surface area contributed by atoms with Crippen LogP contribution in [0.1, 0.15) is 0 Å². The zero-order valence-corrected chi connectivity index (χ0v) is 22.0. The Morgan fingerprint density at radius 1 is 0.512 bits per heavy atom. The van der Waals surface area contributed by atoms with Crippen molar-refractivity contribution in [2.75, 3.05) is 0 Å². The highest BCUT2D eigenvalue weighted by Gasteiger charge is 2.24. The molecule has 0 saturated heterocycles. The lowest BCUT2D eigenvalue weighted by Crippen LogP contribution is -1.96. The third-order valence-corrected chi connectivity index (χ3v) is 8.20. The van der Waals surface area contributed by atoms with Crippen molar-refractivity contribution in [2.45, 2.75) is 0 Å². The zero-order chi connectivity index (χ0) is 26.9. The van der Waals surface area contributed by atoms with Gasteiger partial charge in [0.1, 0.15) is 5.69 Å².